The molecule has 0 bridgehead atoms. The van der Waals surface area contributed by atoms with Crippen LogP contribution < -0.4 is 0 Å². The summed E-state index contributed by atoms with van der Waals surface area (Å²) in [5, 5.41) is 1.15. The fraction of sp³-hybridized carbons (Fsp3) is 0.444. The lowest BCUT2D eigenvalue weighted by Gasteiger charge is -2.07. The highest BCUT2D eigenvalue weighted by Gasteiger charge is 2.04. The molecule has 0 saturated heterocycles. The van der Waals surface area contributed by atoms with Crippen molar-refractivity contribution in [2.24, 2.45) is 0 Å². The molecule has 0 unspecified atom stereocenters. The molecule has 0 N–H and O–H groups in total. The molecule has 0 aliphatic carbocycles. The van der Waals surface area contributed by atoms with E-state index in [4.69, 9.17) is 0 Å². The average molecular weight is 199 g/mol. The van der Waals surface area contributed by atoms with Gasteiger partial charge in [-0.3, -0.25) is 0 Å². The van der Waals surface area contributed by atoms with Gasteiger partial charge in [-0.15, -0.1) is 23.5 Å². The van der Waals surface area contributed by atoms with Crippen LogP contribution in [0.2, 0.25) is 0 Å². The molecule has 1 aromatic rings. The number of nitrogens with zero attached hydrogens (tertiary/aromatic N) is 1. The number of aromatic nitrogens is 1. The van der Waals surface area contributed by atoms with E-state index in [1.165, 1.54) is 10.5 Å². The summed E-state index contributed by atoms with van der Waals surface area (Å²) >= 11 is 3.50. The van der Waals surface area contributed by atoms with Gasteiger partial charge in [0.2, 0.25) is 0 Å². The standard InChI is InChI=1S/C9H13NS2/c1-6-5-8(11-3)7(2)9(10-6)12-4/h5H,1-4H3. The Labute approximate surface area is 82.4 Å². The van der Waals surface area contributed by atoms with Gasteiger partial charge in [0.15, 0.2) is 0 Å². The lowest BCUT2D eigenvalue weighted by atomic mass is 10.3. The van der Waals surface area contributed by atoms with Gasteiger partial charge in [-0.25, -0.2) is 4.98 Å². The fourth-order valence-corrected chi connectivity index (χ4v) is 2.50. The average Bonchev–Trinajstić information content (AvgIpc) is 2.08. The number of rotatable bonds is 2. The van der Waals surface area contributed by atoms with E-state index in [2.05, 4.69) is 30.5 Å². The van der Waals surface area contributed by atoms with Gasteiger partial charge in [0.25, 0.3) is 0 Å². The summed E-state index contributed by atoms with van der Waals surface area (Å²) < 4.78 is 0. The molecule has 1 rings (SSSR count). The quantitative estimate of drug-likeness (QED) is 0.679. The Morgan fingerprint density at radius 1 is 1.17 bits per heavy atom. The lowest BCUT2D eigenvalue weighted by molar-refractivity contribution is 0.984. The summed E-state index contributed by atoms with van der Waals surface area (Å²) in [7, 11) is 0. The molecule has 0 saturated carbocycles. The highest BCUT2D eigenvalue weighted by Crippen LogP contribution is 2.27. The SMILES string of the molecule is CSc1cc(C)nc(SC)c1C. The Bertz CT molecular complexity index is 259. The van der Waals surface area contributed by atoms with E-state index in [1.54, 1.807) is 23.5 Å². The van der Waals surface area contributed by atoms with E-state index >= 15 is 0 Å². The van der Waals surface area contributed by atoms with Crippen molar-refractivity contribution in [2.45, 2.75) is 23.8 Å². The van der Waals surface area contributed by atoms with Crippen molar-refractivity contribution < 1.29 is 0 Å². The van der Waals surface area contributed by atoms with E-state index < -0.39 is 0 Å². The highest BCUT2D eigenvalue weighted by atomic mass is 32.2. The zero-order valence-corrected chi connectivity index (χ0v) is 9.47. The highest BCUT2D eigenvalue weighted by molar-refractivity contribution is 7.99. The maximum absolute atomic E-state index is 4.45. The molecule has 3 heteroatoms. The number of pyridine rings is 1. The first-order valence-corrected chi connectivity index (χ1v) is 6.20. The third kappa shape index (κ3) is 1.96. The molecular formula is C9H13NS2. The monoisotopic (exact) mass is 199 g/mol. The zero-order chi connectivity index (χ0) is 9.14. The molecule has 1 heterocycles. The third-order valence-electron chi connectivity index (χ3n) is 1.72. The van der Waals surface area contributed by atoms with Crippen LogP contribution in [0.15, 0.2) is 16.0 Å². The molecule has 66 valence electrons. The van der Waals surface area contributed by atoms with E-state index in [1.807, 2.05) is 6.92 Å². The first-order chi connectivity index (χ1) is 5.69. The minimum atomic E-state index is 1.11. The normalized spacial score (nSPS) is 10.3. The van der Waals surface area contributed by atoms with Crippen molar-refractivity contribution in [2.75, 3.05) is 12.5 Å². The van der Waals surface area contributed by atoms with Gasteiger partial charge in [0.1, 0.15) is 5.03 Å². The molecule has 1 aromatic heterocycles. The predicted octanol–water partition coefficient (Wildman–Crippen LogP) is 3.14. The van der Waals surface area contributed by atoms with Crippen LogP contribution in [0.5, 0.6) is 0 Å². The molecular weight excluding hydrogens is 186 g/mol. The zero-order valence-electron chi connectivity index (χ0n) is 7.84. The van der Waals surface area contributed by atoms with Crippen molar-refractivity contribution in [1.29, 1.82) is 0 Å². The van der Waals surface area contributed by atoms with Gasteiger partial charge < -0.3 is 0 Å². The largest absolute Gasteiger partial charge is 0.246 e. The summed E-state index contributed by atoms with van der Waals surface area (Å²) in [6.07, 6.45) is 4.17. The molecule has 0 amide bonds. The predicted molar refractivity (Wildman–Crippen MR) is 57.3 cm³/mol. The molecule has 0 aliphatic rings. The number of hydrogen-bond acceptors (Lipinski definition) is 3. The molecule has 0 aromatic carbocycles. The van der Waals surface area contributed by atoms with Crippen LogP contribution in [0.25, 0.3) is 0 Å². The van der Waals surface area contributed by atoms with Gasteiger partial charge in [-0.05, 0) is 38.0 Å². The smallest absolute Gasteiger partial charge is 0.100 e. The van der Waals surface area contributed by atoms with Gasteiger partial charge >= 0.3 is 0 Å². The summed E-state index contributed by atoms with van der Waals surface area (Å²) in [4.78, 5) is 5.79. The number of thioether (sulfide) groups is 2. The van der Waals surface area contributed by atoms with Crippen molar-refractivity contribution in [1.82, 2.24) is 4.98 Å². The number of aryl methyl sites for hydroxylation is 1. The van der Waals surface area contributed by atoms with Crippen LogP contribution >= 0.6 is 23.5 Å². The minimum absolute atomic E-state index is 1.11. The summed E-state index contributed by atoms with van der Waals surface area (Å²) in [5.74, 6) is 0. The van der Waals surface area contributed by atoms with Crippen LogP contribution in [0.4, 0.5) is 0 Å². The van der Waals surface area contributed by atoms with E-state index in [-0.39, 0.29) is 0 Å². The first-order valence-electron chi connectivity index (χ1n) is 3.75. The van der Waals surface area contributed by atoms with Crippen molar-refractivity contribution >= 4 is 23.5 Å². The molecule has 1 nitrogen and oxygen atoms in total. The van der Waals surface area contributed by atoms with Gasteiger partial charge in [-0.2, -0.15) is 0 Å². The summed E-state index contributed by atoms with van der Waals surface area (Å²) in [5.41, 5.74) is 2.41. The summed E-state index contributed by atoms with van der Waals surface area (Å²) in [6, 6.07) is 2.14. The molecule has 12 heavy (non-hydrogen) atoms. The summed E-state index contributed by atoms with van der Waals surface area (Å²) in [6.45, 7) is 4.17. The topological polar surface area (TPSA) is 12.9 Å². The lowest BCUT2D eigenvalue weighted by Crippen LogP contribution is -1.91. The third-order valence-corrected chi connectivity index (χ3v) is 3.37. The Hall–Kier alpha value is -0.150. The Balaban J connectivity index is 3.22. The minimum Gasteiger partial charge on any atom is -0.246 e. The van der Waals surface area contributed by atoms with Crippen LogP contribution in [-0.4, -0.2) is 17.5 Å². The second-order valence-electron chi connectivity index (χ2n) is 2.60. The van der Waals surface area contributed by atoms with E-state index in [9.17, 15) is 0 Å². The van der Waals surface area contributed by atoms with E-state index in [0.29, 0.717) is 0 Å². The van der Waals surface area contributed by atoms with E-state index in [0.717, 1.165) is 10.7 Å². The maximum atomic E-state index is 4.45. The fourth-order valence-electron chi connectivity index (χ4n) is 1.09. The maximum Gasteiger partial charge on any atom is 0.100 e. The van der Waals surface area contributed by atoms with Crippen LogP contribution in [0.3, 0.4) is 0 Å². The molecule has 0 radical (unpaired) electrons. The second kappa shape index (κ2) is 4.19. The van der Waals surface area contributed by atoms with Gasteiger partial charge in [-0.1, -0.05) is 0 Å². The molecule has 0 fully saturated rings. The number of hydrogen-bond donors (Lipinski definition) is 0. The van der Waals surface area contributed by atoms with Crippen molar-refractivity contribution in [3.63, 3.8) is 0 Å². The van der Waals surface area contributed by atoms with Crippen LogP contribution in [-0.2, 0) is 0 Å². The first kappa shape index (κ1) is 9.93. The van der Waals surface area contributed by atoms with Gasteiger partial charge in [0, 0.05) is 10.6 Å². The van der Waals surface area contributed by atoms with Crippen LogP contribution in [0.1, 0.15) is 11.3 Å². The van der Waals surface area contributed by atoms with Crippen molar-refractivity contribution in [3.05, 3.63) is 17.3 Å². The molecule has 0 aliphatic heterocycles. The Morgan fingerprint density at radius 3 is 2.33 bits per heavy atom. The Kier molecular flexibility index (Phi) is 3.47. The molecule has 0 spiro atoms. The second-order valence-corrected chi connectivity index (χ2v) is 4.24. The van der Waals surface area contributed by atoms with Gasteiger partial charge in [0.05, 0.1) is 0 Å². The van der Waals surface area contributed by atoms with Crippen molar-refractivity contribution in [3.8, 4) is 0 Å². The van der Waals surface area contributed by atoms with Crippen LogP contribution in [0, 0.1) is 13.8 Å². The molecule has 0 atom stereocenters. The Morgan fingerprint density at radius 2 is 1.83 bits per heavy atom.